The van der Waals surface area contributed by atoms with Crippen LogP contribution in [0.4, 0.5) is 0 Å². The van der Waals surface area contributed by atoms with Gasteiger partial charge in [-0.3, -0.25) is 4.79 Å². The summed E-state index contributed by atoms with van der Waals surface area (Å²) in [5.41, 5.74) is 0.319. The summed E-state index contributed by atoms with van der Waals surface area (Å²) in [5.74, 6) is 0.427. The number of oxazole rings is 1. The lowest BCUT2D eigenvalue weighted by Crippen LogP contribution is -2.43. The van der Waals surface area contributed by atoms with E-state index in [1.807, 2.05) is 17.5 Å². The van der Waals surface area contributed by atoms with E-state index in [2.05, 4.69) is 10.3 Å². The zero-order valence-corrected chi connectivity index (χ0v) is 12.4. The molecule has 2 aromatic heterocycles. The Morgan fingerprint density at radius 3 is 3.10 bits per heavy atom. The first kappa shape index (κ1) is 14.3. The zero-order chi connectivity index (χ0) is 14.7. The summed E-state index contributed by atoms with van der Waals surface area (Å²) < 4.78 is 5.36. The minimum absolute atomic E-state index is 0.0177. The largest absolute Gasteiger partial charge is 0.442 e. The van der Waals surface area contributed by atoms with Crippen molar-refractivity contribution >= 4 is 17.2 Å². The number of amides is 1. The summed E-state index contributed by atoms with van der Waals surface area (Å²) in [6.07, 6.45) is 5.36. The number of nitrogens with zero attached hydrogens (tertiary/aromatic N) is 1. The molecule has 3 rings (SSSR count). The Hall–Kier alpha value is -1.66. The van der Waals surface area contributed by atoms with Crippen molar-refractivity contribution in [2.24, 2.45) is 5.92 Å². The van der Waals surface area contributed by atoms with Crippen LogP contribution in [-0.4, -0.2) is 28.6 Å². The van der Waals surface area contributed by atoms with Crippen molar-refractivity contribution in [2.45, 2.75) is 31.7 Å². The molecule has 1 fully saturated rings. The van der Waals surface area contributed by atoms with Crippen LogP contribution in [0.2, 0.25) is 0 Å². The molecular formula is C15H18N2O3S. The van der Waals surface area contributed by atoms with E-state index in [1.54, 1.807) is 0 Å². The van der Waals surface area contributed by atoms with E-state index in [9.17, 15) is 9.90 Å². The van der Waals surface area contributed by atoms with Gasteiger partial charge in [-0.1, -0.05) is 18.9 Å². The summed E-state index contributed by atoms with van der Waals surface area (Å²) in [6, 6.07) is 3.83. The number of aliphatic hydroxyl groups is 1. The summed E-state index contributed by atoms with van der Waals surface area (Å²) in [4.78, 5) is 17.4. The second-order valence-electron chi connectivity index (χ2n) is 5.31. The fourth-order valence-corrected chi connectivity index (χ4v) is 3.56. The van der Waals surface area contributed by atoms with E-state index in [-0.39, 0.29) is 24.5 Å². The molecular weight excluding hydrogens is 288 g/mol. The van der Waals surface area contributed by atoms with E-state index in [1.165, 1.54) is 17.7 Å². The van der Waals surface area contributed by atoms with Crippen LogP contribution in [0.15, 0.2) is 28.3 Å². The number of rotatable bonds is 4. The van der Waals surface area contributed by atoms with Crippen molar-refractivity contribution in [1.82, 2.24) is 10.3 Å². The van der Waals surface area contributed by atoms with Gasteiger partial charge in [-0.25, -0.2) is 4.98 Å². The van der Waals surface area contributed by atoms with Crippen LogP contribution < -0.4 is 5.32 Å². The van der Waals surface area contributed by atoms with E-state index in [4.69, 9.17) is 4.42 Å². The van der Waals surface area contributed by atoms with Crippen LogP contribution >= 0.6 is 11.3 Å². The van der Waals surface area contributed by atoms with Crippen LogP contribution in [0.3, 0.4) is 0 Å². The molecule has 0 aromatic carbocycles. The molecule has 2 heterocycles. The van der Waals surface area contributed by atoms with E-state index in [0.29, 0.717) is 11.5 Å². The van der Waals surface area contributed by atoms with Crippen molar-refractivity contribution in [3.63, 3.8) is 0 Å². The Balaban J connectivity index is 1.75. The van der Waals surface area contributed by atoms with Crippen LogP contribution in [-0.2, 0) is 0 Å². The molecule has 0 saturated heterocycles. The lowest BCUT2D eigenvalue weighted by Gasteiger charge is -2.30. The molecule has 1 aliphatic rings. The Morgan fingerprint density at radius 1 is 1.48 bits per heavy atom. The van der Waals surface area contributed by atoms with Crippen molar-refractivity contribution < 1.29 is 14.3 Å². The smallest absolute Gasteiger partial charge is 0.274 e. The van der Waals surface area contributed by atoms with Crippen molar-refractivity contribution in [3.05, 3.63) is 29.6 Å². The van der Waals surface area contributed by atoms with Crippen LogP contribution in [0.1, 0.15) is 36.2 Å². The normalized spacial score (nSPS) is 22.1. The van der Waals surface area contributed by atoms with Gasteiger partial charge >= 0.3 is 0 Å². The monoisotopic (exact) mass is 306 g/mol. The maximum Gasteiger partial charge on any atom is 0.274 e. The fourth-order valence-electron chi connectivity index (χ4n) is 2.84. The van der Waals surface area contributed by atoms with Crippen molar-refractivity contribution in [2.75, 3.05) is 6.61 Å². The highest BCUT2D eigenvalue weighted by atomic mass is 32.1. The van der Waals surface area contributed by atoms with E-state index >= 15 is 0 Å². The number of aromatic nitrogens is 1. The van der Waals surface area contributed by atoms with Gasteiger partial charge in [-0.05, 0) is 24.3 Å². The Bertz CT molecular complexity index is 594. The molecule has 0 aliphatic heterocycles. The number of carbonyl (C=O) groups is 1. The molecule has 2 aromatic rings. The standard InChI is InChI=1S/C15H18N2O3S/c18-8-10-4-1-2-5-11(10)17-15(19)13-14(20-9-16-13)12-6-3-7-21-12/h3,6-7,9-11,18H,1-2,4-5,8H2,(H,17,19). The highest BCUT2D eigenvalue weighted by Crippen LogP contribution is 2.28. The molecule has 2 N–H and O–H groups in total. The Morgan fingerprint density at radius 2 is 2.33 bits per heavy atom. The number of nitrogens with one attached hydrogen (secondary N) is 1. The second-order valence-corrected chi connectivity index (χ2v) is 6.26. The molecule has 0 bridgehead atoms. The van der Waals surface area contributed by atoms with Crippen molar-refractivity contribution in [1.29, 1.82) is 0 Å². The highest BCUT2D eigenvalue weighted by molar-refractivity contribution is 7.13. The molecule has 0 radical (unpaired) electrons. The Labute approximate surface area is 127 Å². The van der Waals surface area contributed by atoms with E-state index in [0.717, 1.165) is 30.6 Å². The average Bonchev–Trinajstić information content (AvgIpc) is 3.18. The first-order valence-electron chi connectivity index (χ1n) is 7.18. The molecule has 0 spiro atoms. The highest BCUT2D eigenvalue weighted by Gasteiger charge is 2.28. The number of carbonyl (C=O) groups excluding carboxylic acids is 1. The number of hydrogen-bond acceptors (Lipinski definition) is 5. The van der Waals surface area contributed by atoms with Gasteiger partial charge in [-0.15, -0.1) is 11.3 Å². The van der Waals surface area contributed by atoms with Gasteiger partial charge < -0.3 is 14.8 Å². The maximum absolute atomic E-state index is 12.4. The quantitative estimate of drug-likeness (QED) is 0.910. The molecule has 112 valence electrons. The van der Waals surface area contributed by atoms with Gasteiger partial charge in [0.1, 0.15) is 0 Å². The predicted octanol–water partition coefficient (Wildman–Crippen LogP) is 2.68. The van der Waals surface area contributed by atoms with Crippen molar-refractivity contribution in [3.8, 4) is 10.6 Å². The summed E-state index contributed by atoms with van der Waals surface area (Å²) >= 11 is 1.51. The van der Waals surface area contributed by atoms with Gasteiger partial charge in [0.05, 0.1) is 4.88 Å². The molecule has 2 atom stereocenters. The molecule has 2 unspecified atom stereocenters. The zero-order valence-electron chi connectivity index (χ0n) is 11.6. The second kappa shape index (κ2) is 6.41. The summed E-state index contributed by atoms with van der Waals surface area (Å²) in [6.45, 7) is 0.113. The minimum atomic E-state index is -0.225. The molecule has 5 nitrogen and oxygen atoms in total. The average molecular weight is 306 g/mol. The number of aliphatic hydroxyl groups excluding tert-OH is 1. The maximum atomic E-state index is 12.4. The first-order chi connectivity index (χ1) is 10.3. The summed E-state index contributed by atoms with van der Waals surface area (Å²) in [7, 11) is 0. The van der Waals surface area contributed by atoms with Gasteiger partial charge in [-0.2, -0.15) is 0 Å². The molecule has 1 aliphatic carbocycles. The van der Waals surface area contributed by atoms with Gasteiger partial charge in [0.15, 0.2) is 17.8 Å². The molecule has 1 amide bonds. The van der Waals surface area contributed by atoms with Crippen LogP contribution in [0.25, 0.3) is 10.6 Å². The molecule has 1 saturated carbocycles. The van der Waals surface area contributed by atoms with Gasteiger partial charge in [0, 0.05) is 18.6 Å². The van der Waals surface area contributed by atoms with Gasteiger partial charge in [0.25, 0.3) is 5.91 Å². The fraction of sp³-hybridized carbons (Fsp3) is 0.467. The molecule has 21 heavy (non-hydrogen) atoms. The first-order valence-corrected chi connectivity index (χ1v) is 8.06. The topological polar surface area (TPSA) is 75.4 Å². The van der Waals surface area contributed by atoms with Crippen LogP contribution in [0, 0.1) is 5.92 Å². The summed E-state index contributed by atoms with van der Waals surface area (Å²) in [5, 5.41) is 14.4. The molecule has 6 heteroatoms. The lowest BCUT2D eigenvalue weighted by atomic mass is 9.85. The van der Waals surface area contributed by atoms with E-state index < -0.39 is 0 Å². The Kier molecular flexibility index (Phi) is 4.36. The van der Waals surface area contributed by atoms with Gasteiger partial charge in [0.2, 0.25) is 0 Å². The SMILES string of the molecule is O=C(NC1CCCCC1CO)c1ncoc1-c1cccs1. The minimum Gasteiger partial charge on any atom is -0.442 e. The third-order valence-corrected chi connectivity index (χ3v) is 4.86. The van der Waals surface area contributed by atoms with Crippen LogP contribution in [0.5, 0.6) is 0 Å². The lowest BCUT2D eigenvalue weighted by molar-refractivity contribution is 0.0868. The third kappa shape index (κ3) is 3.01. The number of thiophene rings is 1. The predicted molar refractivity (Wildman–Crippen MR) is 80.1 cm³/mol. The third-order valence-electron chi connectivity index (χ3n) is 3.99. The number of hydrogen-bond donors (Lipinski definition) is 2.